The topological polar surface area (TPSA) is 63.1 Å². The van der Waals surface area contributed by atoms with Gasteiger partial charge >= 0.3 is 5.63 Å². The summed E-state index contributed by atoms with van der Waals surface area (Å²) in [4.78, 5) is 26.9. The monoisotopic (exact) mass is 289 g/mol. The maximum Gasteiger partial charge on any atom is 0.345 e. The molecular formula is C18H11NO3. The fraction of sp³-hybridized carbons (Fsp3) is 0. The highest BCUT2D eigenvalue weighted by Gasteiger charge is 2.16. The summed E-state index contributed by atoms with van der Waals surface area (Å²) in [5.74, 6) is 0. The number of aromatic nitrogens is 1. The number of aldehydes is 1. The van der Waals surface area contributed by atoms with E-state index in [1.807, 2.05) is 42.5 Å². The molecule has 0 spiro atoms. The van der Waals surface area contributed by atoms with E-state index in [2.05, 4.69) is 4.98 Å². The standard InChI is InChI=1S/C18H11NO3/c20-10-14-12-6-2-3-7-15(12)19-17(14)13-9-11-5-1-4-8-16(11)22-18(13)21/h1-10,19H. The van der Waals surface area contributed by atoms with Crippen LogP contribution in [0, 0.1) is 0 Å². The predicted molar refractivity (Wildman–Crippen MR) is 85.2 cm³/mol. The van der Waals surface area contributed by atoms with Crippen LogP contribution in [0.15, 0.2) is 63.8 Å². The zero-order chi connectivity index (χ0) is 15.1. The van der Waals surface area contributed by atoms with Crippen molar-refractivity contribution in [2.45, 2.75) is 0 Å². The molecule has 4 nitrogen and oxygen atoms in total. The molecule has 0 unspecified atom stereocenters. The molecule has 4 rings (SSSR count). The van der Waals surface area contributed by atoms with Crippen molar-refractivity contribution < 1.29 is 9.21 Å². The Morgan fingerprint density at radius 2 is 1.77 bits per heavy atom. The number of benzene rings is 2. The molecule has 2 aromatic heterocycles. The van der Waals surface area contributed by atoms with E-state index in [0.717, 1.165) is 22.6 Å². The van der Waals surface area contributed by atoms with Crippen LogP contribution in [0.25, 0.3) is 33.1 Å². The number of fused-ring (bicyclic) bond motifs is 2. The van der Waals surface area contributed by atoms with Crippen LogP contribution in [0.1, 0.15) is 10.4 Å². The molecule has 0 aliphatic heterocycles. The van der Waals surface area contributed by atoms with Gasteiger partial charge in [-0.1, -0.05) is 36.4 Å². The SMILES string of the molecule is O=Cc1c(-c2cc3ccccc3oc2=O)[nH]c2ccccc12. The fourth-order valence-electron chi connectivity index (χ4n) is 2.73. The lowest BCUT2D eigenvalue weighted by atomic mass is 10.1. The van der Waals surface area contributed by atoms with Gasteiger partial charge < -0.3 is 9.40 Å². The quantitative estimate of drug-likeness (QED) is 0.451. The number of carbonyl (C=O) groups is 1. The molecule has 0 saturated heterocycles. The van der Waals surface area contributed by atoms with Crippen molar-refractivity contribution in [1.82, 2.24) is 4.98 Å². The van der Waals surface area contributed by atoms with Gasteiger partial charge in [-0.2, -0.15) is 0 Å². The number of para-hydroxylation sites is 2. The summed E-state index contributed by atoms with van der Waals surface area (Å²) >= 11 is 0. The highest BCUT2D eigenvalue weighted by Crippen LogP contribution is 2.28. The molecule has 4 heteroatoms. The Bertz CT molecular complexity index is 1070. The van der Waals surface area contributed by atoms with Gasteiger partial charge in [0.2, 0.25) is 0 Å². The molecule has 0 bridgehead atoms. The van der Waals surface area contributed by atoms with Crippen molar-refractivity contribution in [1.29, 1.82) is 0 Å². The first-order chi connectivity index (χ1) is 10.8. The third kappa shape index (κ3) is 1.78. The summed E-state index contributed by atoms with van der Waals surface area (Å²) in [6.07, 6.45) is 0.767. The molecule has 0 fully saturated rings. The molecule has 106 valence electrons. The van der Waals surface area contributed by atoms with Gasteiger partial charge in [0, 0.05) is 21.9 Å². The van der Waals surface area contributed by atoms with E-state index in [0.29, 0.717) is 22.4 Å². The zero-order valence-corrected chi connectivity index (χ0v) is 11.5. The molecule has 2 heterocycles. The van der Waals surface area contributed by atoms with Crippen LogP contribution in [0.4, 0.5) is 0 Å². The molecule has 0 radical (unpaired) electrons. The van der Waals surface area contributed by atoms with E-state index >= 15 is 0 Å². The lowest BCUT2D eigenvalue weighted by molar-refractivity contribution is 0.112. The summed E-state index contributed by atoms with van der Waals surface area (Å²) in [5.41, 5.74) is 2.20. The Morgan fingerprint density at radius 3 is 2.64 bits per heavy atom. The first kappa shape index (κ1) is 12.6. The van der Waals surface area contributed by atoms with E-state index in [1.54, 1.807) is 12.1 Å². The van der Waals surface area contributed by atoms with Crippen molar-refractivity contribution in [3.05, 3.63) is 70.6 Å². The van der Waals surface area contributed by atoms with Gasteiger partial charge in [0.05, 0.1) is 11.3 Å². The highest BCUT2D eigenvalue weighted by atomic mass is 16.4. The predicted octanol–water partition coefficient (Wildman–Crippen LogP) is 3.75. The number of nitrogens with one attached hydrogen (secondary N) is 1. The fourth-order valence-corrected chi connectivity index (χ4v) is 2.73. The number of hydrogen-bond donors (Lipinski definition) is 1. The second-order valence-corrected chi connectivity index (χ2v) is 5.06. The molecule has 0 saturated carbocycles. The molecule has 0 aliphatic carbocycles. The van der Waals surface area contributed by atoms with E-state index in [1.165, 1.54) is 0 Å². The number of carbonyl (C=O) groups excluding carboxylic acids is 1. The molecular weight excluding hydrogens is 278 g/mol. The average molecular weight is 289 g/mol. The first-order valence-electron chi connectivity index (χ1n) is 6.87. The van der Waals surface area contributed by atoms with Crippen molar-refractivity contribution in [2.24, 2.45) is 0 Å². The minimum atomic E-state index is -0.464. The zero-order valence-electron chi connectivity index (χ0n) is 11.5. The minimum absolute atomic E-state index is 0.358. The number of rotatable bonds is 2. The number of aromatic amines is 1. The average Bonchev–Trinajstić information content (AvgIpc) is 2.92. The Hall–Kier alpha value is -3.14. The van der Waals surface area contributed by atoms with Crippen LogP contribution < -0.4 is 5.63 Å². The van der Waals surface area contributed by atoms with Gasteiger partial charge in [-0.05, 0) is 18.2 Å². The maximum absolute atomic E-state index is 12.3. The molecule has 0 aliphatic rings. The molecule has 0 amide bonds. The third-order valence-corrected chi connectivity index (χ3v) is 3.77. The Morgan fingerprint density at radius 1 is 1.00 bits per heavy atom. The van der Waals surface area contributed by atoms with Gasteiger partial charge in [0.1, 0.15) is 5.58 Å². The molecule has 4 aromatic rings. The summed E-state index contributed by atoms with van der Waals surface area (Å²) in [5, 5.41) is 1.60. The highest BCUT2D eigenvalue weighted by molar-refractivity contribution is 6.04. The second kappa shape index (κ2) is 4.70. The molecule has 2 aromatic carbocycles. The summed E-state index contributed by atoms with van der Waals surface area (Å²) in [7, 11) is 0. The largest absolute Gasteiger partial charge is 0.422 e. The maximum atomic E-state index is 12.3. The van der Waals surface area contributed by atoms with E-state index in [4.69, 9.17) is 4.42 Å². The summed E-state index contributed by atoms with van der Waals surface area (Å²) in [6, 6.07) is 16.5. The van der Waals surface area contributed by atoms with Crippen LogP contribution in [0.2, 0.25) is 0 Å². The second-order valence-electron chi connectivity index (χ2n) is 5.06. The van der Waals surface area contributed by atoms with Crippen LogP contribution in [-0.4, -0.2) is 11.3 Å². The van der Waals surface area contributed by atoms with Crippen molar-refractivity contribution in [3.63, 3.8) is 0 Å². The Labute approximate surface area is 125 Å². The smallest absolute Gasteiger partial charge is 0.345 e. The van der Waals surface area contributed by atoms with E-state index in [9.17, 15) is 9.59 Å². The van der Waals surface area contributed by atoms with Gasteiger partial charge in [0.15, 0.2) is 6.29 Å². The Kier molecular flexibility index (Phi) is 2.69. The molecule has 1 N–H and O–H groups in total. The van der Waals surface area contributed by atoms with Crippen LogP contribution in [0.3, 0.4) is 0 Å². The van der Waals surface area contributed by atoms with Crippen molar-refractivity contribution >= 4 is 28.2 Å². The molecule has 22 heavy (non-hydrogen) atoms. The third-order valence-electron chi connectivity index (χ3n) is 3.77. The first-order valence-corrected chi connectivity index (χ1v) is 6.87. The Balaban J connectivity index is 2.09. The van der Waals surface area contributed by atoms with Crippen molar-refractivity contribution in [3.8, 4) is 11.3 Å². The van der Waals surface area contributed by atoms with E-state index in [-0.39, 0.29) is 0 Å². The van der Waals surface area contributed by atoms with Crippen LogP contribution in [-0.2, 0) is 0 Å². The normalized spacial score (nSPS) is 11.1. The lowest BCUT2D eigenvalue weighted by Crippen LogP contribution is -2.04. The molecule has 0 atom stereocenters. The number of hydrogen-bond acceptors (Lipinski definition) is 3. The number of H-pyrrole nitrogens is 1. The van der Waals surface area contributed by atoms with Gasteiger partial charge in [-0.3, -0.25) is 4.79 Å². The van der Waals surface area contributed by atoms with E-state index < -0.39 is 5.63 Å². The summed E-state index contributed by atoms with van der Waals surface area (Å²) < 4.78 is 5.35. The van der Waals surface area contributed by atoms with Gasteiger partial charge in [-0.15, -0.1) is 0 Å². The van der Waals surface area contributed by atoms with Crippen molar-refractivity contribution in [2.75, 3.05) is 0 Å². The van der Waals surface area contributed by atoms with Crippen LogP contribution >= 0.6 is 0 Å². The van der Waals surface area contributed by atoms with Gasteiger partial charge in [-0.25, -0.2) is 4.79 Å². The lowest BCUT2D eigenvalue weighted by Gasteiger charge is -2.01. The van der Waals surface area contributed by atoms with Gasteiger partial charge in [0.25, 0.3) is 0 Å². The minimum Gasteiger partial charge on any atom is -0.422 e. The van der Waals surface area contributed by atoms with Crippen LogP contribution in [0.5, 0.6) is 0 Å². The summed E-state index contributed by atoms with van der Waals surface area (Å²) in [6.45, 7) is 0.